The molecule has 1 unspecified atom stereocenters. The van der Waals surface area contributed by atoms with E-state index in [2.05, 4.69) is 42.6 Å². The minimum Gasteiger partial charge on any atom is -0.496 e. The van der Waals surface area contributed by atoms with Gasteiger partial charge in [0.05, 0.1) is 13.2 Å². The number of fused-ring (bicyclic) bond motifs is 1. The molecule has 2 nitrogen and oxygen atoms in total. The summed E-state index contributed by atoms with van der Waals surface area (Å²) in [5, 5.41) is 3.59. The largest absolute Gasteiger partial charge is 0.496 e. The highest BCUT2D eigenvalue weighted by Gasteiger charge is 2.25. The predicted octanol–water partition coefficient (Wildman–Crippen LogP) is 3.71. The fraction of sp³-hybridized carbons (Fsp3) is 0.250. The van der Waals surface area contributed by atoms with Crippen LogP contribution in [0.25, 0.3) is 0 Å². The van der Waals surface area contributed by atoms with Gasteiger partial charge in [-0.3, -0.25) is 0 Å². The molecule has 2 heteroatoms. The molecule has 1 heterocycles. The monoisotopic (exact) mass is 239 g/mol. The number of aryl methyl sites for hydroxylation is 1. The van der Waals surface area contributed by atoms with Gasteiger partial charge in [-0.05, 0) is 30.2 Å². The number of anilines is 1. The summed E-state index contributed by atoms with van der Waals surface area (Å²) in [5.74, 6) is 0.982. The lowest BCUT2D eigenvalue weighted by molar-refractivity contribution is 0.410. The molecular formula is C16H17NO. The van der Waals surface area contributed by atoms with Crippen LogP contribution in [-0.2, 0) is 6.42 Å². The lowest BCUT2D eigenvalue weighted by Crippen LogP contribution is -2.07. The topological polar surface area (TPSA) is 21.3 Å². The molecule has 3 rings (SSSR count). The normalized spacial score (nSPS) is 17.1. The average molecular weight is 239 g/mol. The Morgan fingerprint density at radius 1 is 1.11 bits per heavy atom. The first-order valence-corrected chi connectivity index (χ1v) is 6.27. The van der Waals surface area contributed by atoms with Crippen molar-refractivity contribution >= 4 is 5.69 Å². The van der Waals surface area contributed by atoms with Crippen LogP contribution < -0.4 is 10.1 Å². The number of methoxy groups -OCH3 is 1. The van der Waals surface area contributed by atoms with Crippen LogP contribution in [0.2, 0.25) is 0 Å². The second-order valence-electron chi connectivity index (χ2n) is 4.74. The summed E-state index contributed by atoms with van der Waals surface area (Å²) in [6.07, 6.45) is 0.990. The maximum Gasteiger partial charge on any atom is 0.124 e. The van der Waals surface area contributed by atoms with E-state index in [4.69, 9.17) is 4.74 Å². The molecule has 1 aliphatic rings. The molecule has 0 aliphatic carbocycles. The van der Waals surface area contributed by atoms with Gasteiger partial charge in [0.1, 0.15) is 5.75 Å². The van der Waals surface area contributed by atoms with E-state index in [9.17, 15) is 0 Å². The van der Waals surface area contributed by atoms with Crippen LogP contribution in [0.15, 0.2) is 42.5 Å². The van der Waals surface area contributed by atoms with Crippen molar-refractivity contribution in [2.24, 2.45) is 0 Å². The van der Waals surface area contributed by atoms with Gasteiger partial charge in [0, 0.05) is 17.7 Å². The number of nitrogens with one attached hydrogen (secondary N) is 1. The number of hydrogen-bond acceptors (Lipinski definition) is 2. The molecule has 1 N–H and O–H groups in total. The van der Waals surface area contributed by atoms with E-state index in [0.717, 1.165) is 12.2 Å². The van der Waals surface area contributed by atoms with E-state index >= 15 is 0 Å². The molecule has 0 radical (unpaired) electrons. The molecule has 92 valence electrons. The molecule has 0 fully saturated rings. The van der Waals surface area contributed by atoms with Gasteiger partial charge in [0.15, 0.2) is 0 Å². The third-order valence-electron chi connectivity index (χ3n) is 3.65. The average Bonchev–Trinajstić information content (AvgIpc) is 2.82. The summed E-state index contributed by atoms with van der Waals surface area (Å²) in [7, 11) is 1.73. The molecule has 2 aromatic rings. The third-order valence-corrected chi connectivity index (χ3v) is 3.65. The van der Waals surface area contributed by atoms with Crippen molar-refractivity contribution in [2.45, 2.75) is 19.4 Å². The van der Waals surface area contributed by atoms with Crippen molar-refractivity contribution in [2.75, 3.05) is 12.4 Å². The Bertz CT molecular complexity index is 577. The summed E-state index contributed by atoms with van der Waals surface area (Å²) in [4.78, 5) is 0. The van der Waals surface area contributed by atoms with Crippen molar-refractivity contribution in [3.63, 3.8) is 0 Å². The van der Waals surface area contributed by atoms with E-state index in [1.807, 2.05) is 12.1 Å². The molecule has 1 atom stereocenters. The molecule has 18 heavy (non-hydrogen) atoms. The van der Waals surface area contributed by atoms with Gasteiger partial charge in [0.2, 0.25) is 0 Å². The van der Waals surface area contributed by atoms with Crippen molar-refractivity contribution in [3.8, 4) is 5.75 Å². The van der Waals surface area contributed by atoms with Gasteiger partial charge in [0.25, 0.3) is 0 Å². The highest BCUT2D eigenvalue weighted by Crippen LogP contribution is 2.39. The SMILES string of the molecule is COc1cccc2c1CC(c1ccccc1C)N2. The minimum atomic E-state index is 0.359. The van der Waals surface area contributed by atoms with Crippen LogP contribution in [0.3, 0.4) is 0 Å². The molecule has 0 amide bonds. The first kappa shape index (κ1) is 11.1. The van der Waals surface area contributed by atoms with E-state index in [1.54, 1.807) is 7.11 Å². The van der Waals surface area contributed by atoms with Crippen LogP contribution in [-0.4, -0.2) is 7.11 Å². The van der Waals surface area contributed by atoms with Crippen LogP contribution in [0, 0.1) is 6.92 Å². The first-order valence-electron chi connectivity index (χ1n) is 6.27. The zero-order valence-corrected chi connectivity index (χ0v) is 10.7. The quantitative estimate of drug-likeness (QED) is 0.862. The zero-order valence-electron chi connectivity index (χ0n) is 10.7. The van der Waals surface area contributed by atoms with E-state index in [1.165, 1.54) is 22.4 Å². The van der Waals surface area contributed by atoms with E-state index in [0.29, 0.717) is 6.04 Å². The molecule has 1 aliphatic heterocycles. The van der Waals surface area contributed by atoms with Crippen LogP contribution in [0.4, 0.5) is 5.69 Å². The molecule has 2 aromatic carbocycles. The third kappa shape index (κ3) is 1.74. The minimum absolute atomic E-state index is 0.359. The smallest absolute Gasteiger partial charge is 0.124 e. The standard InChI is InChI=1S/C16H17NO/c1-11-6-3-4-7-12(11)15-10-13-14(17-15)8-5-9-16(13)18-2/h3-9,15,17H,10H2,1-2H3. The summed E-state index contributed by atoms with van der Waals surface area (Å²) in [6.45, 7) is 2.16. The van der Waals surface area contributed by atoms with Crippen molar-refractivity contribution in [3.05, 3.63) is 59.2 Å². The summed E-state index contributed by atoms with van der Waals surface area (Å²) in [6, 6.07) is 15.1. The number of rotatable bonds is 2. The maximum absolute atomic E-state index is 5.43. The first-order chi connectivity index (χ1) is 8.79. The Morgan fingerprint density at radius 2 is 1.94 bits per heavy atom. The summed E-state index contributed by atoms with van der Waals surface area (Å²) in [5.41, 5.74) is 5.19. The van der Waals surface area contributed by atoms with E-state index in [-0.39, 0.29) is 0 Å². The molecule has 0 aromatic heterocycles. The molecule has 0 saturated heterocycles. The lowest BCUT2D eigenvalue weighted by atomic mass is 9.98. The van der Waals surface area contributed by atoms with Gasteiger partial charge in [-0.1, -0.05) is 30.3 Å². The van der Waals surface area contributed by atoms with Gasteiger partial charge in [-0.15, -0.1) is 0 Å². The van der Waals surface area contributed by atoms with Crippen molar-refractivity contribution in [1.29, 1.82) is 0 Å². The van der Waals surface area contributed by atoms with E-state index < -0.39 is 0 Å². The number of benzene rings is 2. The summed E-state index contributed by atoms with van der Waals surface area (Å²) >= 11 is 0. The molecule has 0 saturated carbocycles. The fourth-order valence-electron chi connectivity index (χ4n) is 2.71. The molecule has 0 bridgehead atoms. The fourth-order valence-corrected chi connectivity index (χ4v) is 2.71. The van der Waals surface area contributed by atoms with Crippen LogP contribution in [0.5, 0.6) is 5.75 Å². The van der Waals surface area contributed by atoms with Gasteiger partial charge < -0.3 is 10.1 Å². The Balaban J connectivity index is 1.96. The molecule has 0 spiro atoms. The second-order valence-corrected chi connectivity index (χ2v) is 4.74. The highest BCUT2D eigenvalue weighted by atomic mass is 16.5. The van der Waals surface area contributed by atoms with Gasteiger partial charge in [-0.25, -0.2) is 0 Å². The Kier molecular flexibility index (Phi) is 2.71. The maximum atomic E-state index is 5.43. The number of hydrogen-bond donors (Lipinski definition) is 1. The Hall–Kier alpha value is -1.96. The Morgan fingerprint density at radius 3 is 2.72 bits per heavy atom. The zero-order chi connectivity index (χ0) is 12.5. The van der Waals surface area contributed by atoms with Gasteiger partial charge >= 0.3 is 0 Å². The van der Waals surface area contributed by atoms with Crippen LogP contribution in [0.1, 0.15) is 22.7 Å². The molecular weight excluding hydrogens is 222 g/mol. The highest BCUT2D eigenvalue weighted by molar-refractivity contribution is 5.63. The van der Waals surface area contributed by atoms with Crippen molar-refractivity contribution < 1.29 is 4.74 Å². The predicted molar refractivity (Wildman–Crippen MR) is 74.2 cm³/mol. The summed E-state index contributed by atoms with van der Waals surface area (Å²) < 4.78 is 5.43. The lowest BCUT2D eigenvalue weighted by Gasteiger charge is -2.14. The van der Waals surface area contributed by atoms with Crippen molar-refractivity contribution in [1.82, 2.24) is 0 Å². The Labute approximate surface area is 108 Å². The second kappa shape index (κ2) is 4.37. The van der Waals surface area contributed by atoms with Gasteiger partial charge in [-0.2, -0.15) is 0 Å². The number of ether oxygens (including phenoxy) is 1. The van der Waals surface area contributed by atoms with Crippen LogP contribution >= 0.6 is 0 Å².